The third kappa shape index (κ3) is 13.2. The molecule has 7 aromatic heterocycles. The highest BCUT2D eigenvalue weighted by molar-refractivity contribution is 5.69. The summed E-state index contributed by atoms with van der Waals surface area (Å²) in [6.07, 6.45) is 23.5. The third-order valence-corrected chi connectivity index (χ3v) is 35.2. The Kier molecular flexibility index (Phi) is 21.6. The molecule has 0 N–H and O–H groups in total. The minimum Gasteiger partial charge on any atom is -0.367 e. The molecule has 16 aliphatic heterocycles. The summed E-state index contributed by atoms with van der Waals surface area (Å²) in [6, 6.07) is 54.7. The van der Waals surface area contributed by atoms with Gasteiger partial charge >= 0.3 is 0 Å². The third-order valence-electron chi connectivity index (χ3n) is 35.2. The number of nitrogens with zero attached hydrogens (tertiary/aromatic N) is 14. The van der Waals surface area contributed by atoms with Crippen LogP contribution in [0.5, 0.6) is 0 Å². The predicted octanol–water partition coefficient (Wildman–Crippen LogP) is 18.9. The standard InChI is InChI=1S/C17H20N2.C16H18N2.C15H24N2.2C14H22N2.2C13H20N2/c1-12-16(15-9-6-10-18(15)3)17(2)11-19(12)14-8-5-4-7-13(14)17;1-11-16(15-8-5-9-17(15)2)13-10-18(11)14-7-4-3-6-12(13)14;1-10-11(2)17-9-15(10,4)14(12(17)3)13-7-6-8-16(13)5;1-10-13(12-6-5-8-15(12)4)11-7-9-16(10)14(11,2)3;1-11-13(12-5-4-8-15(12)3)14(2)6-9-16(11)10-7-14;1-10-12(11-5-4-7-14(11)3)13(2)6-8-15(10)9-13;1-10-13(12-4-3-7-14(12)2)11-5-8-15(10)9-6-11/h4-10,12,16H,11H2,1-3H3;3-9,11,13,16H,10H2,1-2H3;6-8,10-12,14H,9H2,1-5H3;5-6,8,10-11,13H,7,9H2,1-4H3;4-5,8,11,13H,6-7,9-10H2,1-3H3;4-5,7,10,12H,6,8-9H2,1-3H3;3-4,7,10-11,13H,5-6,8-9H2,1-2H3. The van der Waals surface area contributed by atoms with Crippen LogP contribution in [-0.2, 0) is 54.7 Å². The van der Waals surface area contributed by atoms with Crippen molar-refractivity contribution < 1.29 is 0 Å². The van der Waals surface area contributed by atoms with Gasteiger partial charge in [-0.2, -0.15) is 0 Å². The molecule has 624 valence electrons. The van der Waals surface area contributed by atoms with Gasteiger partial charge in [0.2, 0.25) is 0 Å². The number of anilines is 2. The summed E-state index contributed by atoms with van der Waals surface area (Å²) in [5.41, 5.74) is 18.7. The number of aromatic nitrogens is 7. The highest BCUT2D eigenvalue weighted by Gasteiger charge is 2.62. The maximum Gasteiger partial charge on any atom is 0.0408 e. The minimum atomic E-state index is 0.252. The van der Waals surface area contributed by atoms with E-state index in [9.17, 15) is 0 Å². The van der Waals surface area contributed by atoms with Crippen molar-refractivity contribution in [2.75, 3.05) is 75.2 Å². The summed E-state index contributed by atoms with van der Waals surface area (Å²) in [4.78, 5) is 18.6. The summed E-state index contributed by atoms with van der Waals surface area (Å²) >= 11 is 0. The first-order valence-electron chi connectivity index (χ1n) is 45.7. The fourth-order valence-corrected chi connectivity index (χ4v) is 28.6. The van der Waals surface area contributed by atoms with E-state index in [2.05, 4.69) is 396 Å². The van der Waals surface area contributed by atoms with Gasteiger partial charge in [-0.05, 0) is 289 Å². The van der Waals surface area contributed by atoms with Crippen molar-refractivity contribution in [2.24, 2.45) is 83.3 Å². The molecular formula is C102H146N14. The monoisotopic (exact) mass is 1570 g/mol. The normalized spacial score (nSPS) is 39.1. The molecule has 14 saturated heterocycles. The van der Waals surface area contributed by atoms with Crippen LogP contribution in [0.1, 0.15) is 241 Å². The summed E-state index contributed by atoms with van der Waals surface area (Å²) in [5.74, 6) is 8.08. The zero-order valence-corrected chi connectivity index (χ0v) is 75.3. The second kappa shape index (κ2) is 30.8. The number of benzene rings is 2. The quantitative estimate of drug-likeness (QED) is 0.158. The lowest BCUT2D eigenvalue weighted by molar-refractivity contribution is -0.0291. The molecule has 14 nitrogen and oxygen atoms in total. The number of hydrogen-bond donors (Lipinski definition) is 0. The van der Waals surface area contributed by atoms with Gasteiger partial charge in [0.1, 0.15) is 0 Å². The molecule has 9 aromatic rings. The van der Waals surface area contributed by atoms with Crippen molar-refractivity contribution in [2.45, 2.75) is 249 Å². The molecule has 0 spiro atoms. The first kappa shape index (κ1) is 81.2. The van der Waals surface area contributed by atoms with Crippen LogP contribution in [0.4, 0.5) is 11.4 Å². The average molecular weight is 1570 g/mol. The molecule has 24 atom stereocenters. The second-order valence-electron chi connectivity index (χ2n) is 41.2. The van der Waals surface area contributed by atoms with E-state index in [0.717, 1.165) is 66.1 Å². The number of hydrogen-bond acceptors (Lipinski definition) is 7. The lowest BCUT2D eigenvalue weighted by atomic mass is 9.62. The maximum absolute atomic E-state index is 2.71. The molecule has 0 aliphatic carbocycles. The predicted molar refractivity (Wildman–Crippen MR) is 481 cm³/mol. The minimum absolute atomic E-state index is 0.252. The SMILES string of the molecule is CC1C(C)C2(C)CN1C(C)C2c1cccn1C.CC1C(c2cccn2C)C2(C)CCN1C2.CC1C(c2cccn2C)C2(C)CCN1CC2.CC1C(c2cccn2C)C2(C)CN1c1ccccc12.CC1C(c2cccn2C)C2CCN1C2(C)C.CC1C(c2cccn2C)C2CCN1CC2.CC1C(c2cccn2C)C2CN1c1ccccc12. The van der Waals surface area contributed by atoms with Gasteiger partial charge in [-0.3, -0.25) is 24.5 Å². The Hall–Kier alpha value is -7.20. The van der Waals surface area contributed by atoms with Crippen molar-refractivity contribution in [3.8, 4) is 0 Å². The Morgan fingerprint density at radius 1 is 0.328 bits per heavy atom. The van der Waals surface area contributed by atoms with Crippen LogP contribution in [0.2, 0.25) is 0 Å². The zero-order valence-electron chi connectivity index (χ0n) is 75.3. The van der Waals surface area contributed by atoms with Crippen molar-refractivity contribution >= 4 is 11.4 Å². The molecule has 23 heterocycles. The van der Waals surface area contributed by atoms with Crippen LogP contribution in [0.3, 0.4) is 0 Å². The van der Waals surface area contributed by atoms with E-state index in [4.69, 9.17) is 0 Å². The number of aryl methyl sites for hydroxylation is 7. The van der Waals surface area contributed by atoms with Crippen LogP contribution < -0.4 is 9.80 Å². The number of fused-ring (bicyclic) bond motifs is 22. The van der Waals surface area contributed by atoms with E-state index in [0.29, 0.717) is 75.7 Å². The average Bonchev–Trinajstić information content (AvgIpc) is 1.56. The number of piperidine rings is 9. The molecule has 24 unspecified atom stereocenters. The summed E-state index contributed by atoms with van der Waals surface area (Å²) in [7, 11) is 15.2. The molecule has 0 amide bonds. The van der Waals surface area contributed by atoms with E-state index in [1.54, 1.807) is 5.56 Å². The highest BCUT2D eigenvalue weighted by Crippen LogP contribution is 2.62. The molecular weight excluding hydrogens is 1420 g/mol. The van der Waals surface area contributed by atoms with Gasteiger partial charge in [-0.25, -0.2) is 0 Å². The zero-order chi connectivity index (χ0) is 81.7. The van der Waals surface area contributed by atoms with E-state index >= 15 is 0 Å². The maximum atomic E-state index is 2.71. The van der Waals surface area contributed by atoms with Crippen molar-refractivity contribution in [1.29, 1.82) is 0 Å². The molecule has 16 aliphatic rings. The molecule has 116 heavy (non-hydrogen) atoms. The Morgan fingerprint density at radius 2 is 0.776 bits per heavy atom. The van der Waals surface area contributed by atoms with Gasteiger partial charge in [-0.1, -0.05) is 71.0 Å². The van der Waals surface area contributed by atoms with E-state index in [1.807, 2.05) is 0 Å². The van der Waals surface area contributed by atoms with Crippen molar-refractivity contribution in [3.63, 3.8) is 0 Å². The Labute approximate surface area is 699 Å². The van der Waals surface area contributed by atoms with Crippen LogP contribution in [0.25, 0.3) is 0 Å². The largest absolute Gasteiger partial charge is 0.367 e. The van der Waals surface area contributed by atoms with Gasteiger partial charge in [0.25, 0.3) is 0 Å². The van der Waals surface area contributed by atoms with Crippen LogP contribution in [-0.4, -0.2) is 176 Å². The van der Waals surface area contributed by atoms with E-state index < -0.39 is 0 Å². The molecule has 0 radical (unpaired) electrons. The summed E-state index contributed by atoms with van der Waals surface area (Å²) in [6.45, 7) is 49.1. The first-order chi connectivity index (χ1) is 55.4. The van der Waals surface area contributed by atoms with E-state index in [1.165, 1.54) is 154 Å². The Balaban J connectivity index is 0.0000000975. The molecule has 14 bridgehead atoms. The molecule has 25 rings (SSSR count). The molecule has 2 aromatic carbocycles. The van der Waals surface area contributed by atoms with Gasteiger partial charge < -0.3 is 41.8 Å². The number of para-hydroxylation sites is 2. The first-order valence-corrected chi connectivity index (χ1v) is 45.7. The number of rotatable bonds is 7. The van der Waals surface area contributed by atoms with Crippen molar-refractivity contribution in [1.82, 2.24) is 56.5 Å². The summed E-state index contributed by atoms with van der Waals surface area (Å²) < 4.78 is 16.1. The lowest BCUT2D eigenvalue weighted by Gasteiger charge is -2.56. The van der Waals surface area contributed by atoms with E-state index in [-0.39, 0.29) is 5.41 Å². The van der Waals surface area contributed by atoms with Crippen LogP contribution >= 0.6 is 0 Å². The Bertz CT molecular complexity index is 4870. The van der Waals surface area contributed by atoms with Gasteiger partial charge in [0.05, 0.1) is 0 Å². The van der Waals surface area contributed by atoms with Crippen LogP contribution in [0, 0.1) is 34.0 Å². The van der Waals surface area contributed by atoms with Gasteiger partial charge in [0.15, 0.2) is 0 Å². The van der Waals surface area contributed by atoms with Crippen LogP contribution in [0.15, 0.2) is 177 Å². The van der Waals surface area contributed by atoms with Crippen molar-refractivity contribution in [3.05, 3.63) is 228 Å². The van der Waals surface area contributed by atoms with Gasteiger partial charge in [0, 0.05) is 277 Å². The van der Waals surface area contributed by atoms with Gasteiger partial charge in [-0.15, -0.1) is 0 Å². The molecule has 14 heteroatoms. The smallest absolute Gasteiger partial charge is 0.0408 e. The molecule has 14 fully saturated rings. The Morgan fingerprint density at radius 3 is 1.26 bits per heavy atom. The fraction of sp³-hybridized carbons (Fsp3) is 0.608. The fourth-order valence-electron chi connectivity index (χ4n) is 28.6. The second-order valence-corrected chi connectivity index (χ2v) is 41.2. The molecule has 0 saturated carbocycles. The highest BCUT2D eigenvalue weighted by atomic mass is 15.3. The lowest BCUT2D eigenvalue weighted by Crippen LogP contribution is -2.57. The summed E-state index contributed by atoms with van der Waals surface area (Å²) in [5, 5.41) is 0. The topological polar surface area (TPSA) is 57.2 Å².